The standard InChI is InChI=1S/C4H7F2NS/c5-4(6)2-1-3-7-8-4/h7H,1-3H2. The minimum atomic E-state index is -2.52. The number of halogens is 2. The summed E-state index contributed by atoms with van der Waals surface area (Å²) in [5.41, 5.74) is 0. The SMILES string of the molecule is FC1(F)CCCNS1. The predicted octanol–water partition coefficient (Wildman–Crippen LogP) is 1.61. The van der Waals surface area contributed by atoms with Gasteiger partial charge in [0.2, 0.25) is 0 Å². The first-order chi connectivity index (χ1) is 3.71. The third-order valence-corrected chi connectivity index (χ3v) is 1.82. The molecule has 0 atom stereocenters. The van der Waals surface area contributed by atoms with Crippen molar-refractivity contribution >= 4 is 11.9 Å². The van der Waals surface area contributed by atoms with Crippen LogP contribution in [0.4, 0.5) is 8.78 Å². The van der Waals surface area contributed by atoms with Gasteiger partial charge in [-0.1, -0.05) is 0 Å². The lowest BCUT2D eigenvalue weighted by Crippen LogP contribution is -2.25. The fourth-order valence-electron chi connectivity index (χ4n) is 0.574. The summed E-state index contributed by atoms with van der Waals surface area (Å²) in [5.74, 6) is 0. The van der Waals surface area contributed by atoms with E-state index in [0.717, 1.165) is 0 Å². The molecule has 1 heterocycles. The first-order valence-electron chi connectivity index (χ1n) is 2.49. The third-order valence-electron chi connectivity index (χ3n) is 0.968. The van der Waals surface area contributed by atoms with E-state index in [-0.39, 0.29) is 6.42 Å². The summed E-state index contributed by atoms with van der Waals surface area (Å²) in [6.45, 7) is 0.709. The highest BCUT2D eigenvalue weighted by molar-refractivity contribution is 7.98. The molecule has 0 aromatic heterocycles. The van der Waals surface area contributed by atoms with Crippen molar-refractivity contribution in [3.63, 3.8) is 0 Å². The highest BCUT2D eigenvalue weighted by Crippen LogP contribution is 2.33. The van der Waals surface area contributed by atoms with Gasteiger partial charge in [0.1, 0.15) is 0 Å². The fraction of sp³-hybridized carbons (Fsp3) is 1.00. The van der Waals surface area contributed by atoms with Gasteiger partial charge in [0.25, 0.3) is 0 Å². The second-order valence-electron chi connectivity index (χ2n) is 1.74. The maximum Gasteiger partial charge on any atom is 0.307 e. The van der Waals surface area contributed by atoms with Gasteiger partial charge in [0.15, 0.2) is 0 Å². The van der Waals surface area contributed by atoms with E-state index < -0.39 is 5.25 Å². The Hall–Kier alpha value is 0.170. The lowest BCUT2D eigenvalue weighted by Gasteiger charge is -2.20. The summed E-state index contributed by atoms with van der Waals surface area (Å²) in [6.07, 6.45) is 0.602. The van der Waals surface area contributed by atoms with Gasteiger partial charge in [-0.2, -0.15) is 8.78 Å². The van der Waals surface area contributed by atoms with Crippen molar-refractivity contribution in [2.24, 2.45) is 0 Å². The van der Waals surface area contributed by atoms with Crippen molar-refractivity contribution in [1.29, 1.82) is 0 Å². The number of hydrogen-bond donors (Lipinski definition) is 1. The highest BCUT2D eigenvalue weighted by Gasteiger charge is 2.31. The van der Waals surface area contributed by atoms with Crippen molar-refractivity contribution < 1.29 is 8.78 Å². The van der Waals surface area contributed by atoms with E-state index in [9.17, 15) is 8.78 Å². The summed E-state index contributed by atoms with van der Waals surface area (Å²) in [6, 6.07) is 0. The highest BCUT2D eigenvalue weighted by atomic mass is 32.2. The van der Waals surface area contributed by atoms with Crippen LogP contribution in [-0.4, -0.2) is 11.8 Å². The molecule has 1 N–H and O–H groups in total. The number of nitrogens with one attached hydrogen (secondary N) is 1. The zero-order valence-electron chi connectivity index (χ0n) is 4.29. The first kappa shape index (κ1) is 6.29. The average Bonchev–Trinajstić information content (AvgIpc) is 1.65. The zero-order chi connectivity index (χ0) is 6.04. The quantitative estimate of drug-likeness (QED) is 0.512. The Morgan fingerprint density at radius 3 is 2.50 bits per heavy atom. The Balaban J connectivity index is 2.33. The van der Waals surface area contributed by atoms with Crippen LogP contribution in [0, 0.1) is 0 Å². The molecule has 0 saturated carbocycles. The zero-order valence-corrected chi connectivity index (χ0v) is 5.10. The summed E-state index contributed by atoms with van der Waals surface area (Å²) in [4.78, 5) is 0. The third kappa shape index (κ3) is 1.59. The number of hydrogen-bond acceptors (Lipinski definition) is 2. The molecule has 1 nitrogen and oxygen atoms in total. The molecule has 4 heteroatoms. The van der Waals surface area contributed by atoms with E-state index >= 15 is 0 Å². The van der Waals surface area contributed by atoms with E-state index in [4.69, 9.17) is 0 Å². The molecule has 1 aliphatic rings. The van der Waals surface area contributed by atoms with Gasteiger partial charge in [-0.05, 0) is 18.4 Å². The molecule has 0 radical (unpaired) electrons. The molecule has 0 aliphatic carbocycles. The molecule has 1 rings (SSSR count). The first-order valence-corrected chi connectivity index (χ1v) is 3.31. The van der Waals surface area contributed by atoms with Crippen molar-refractivity contribution in [2.75, 3.05) is 6.54 Å². The summed E-state index contributed by atoms with van der Waals surface area (Å²) in [5, 5.41) is -2.52. The molecule has 8 heavy (non-hydrogen) atoms. The van der Waals surface area contributed by atoms with Crippen molar-refractivity contribution in [2.45, 2.75) is 18.1 Å². The second-order valence-corrected chi connectivity index (χ2v) is 2.83. The van der Waals surface area contributed by atoms with Crippen LogP contribution in [0.15, 0.2) is 0 Å². The lowest BCUT2D eigenvalue weighted by atomic mass is 10.3. The molecule has 0 spiro atoms. The van der Waals surface area contributed by atoms with Crippen LogP contribution in [0.3, 0.4) is 0 Å². The molecular weight excluding hydrogens is 132 g/mol. The lowest BCUT2D eigenvalue weighted by molar-refractivity contribution is 0.0876. The monoisotopic (exact) mass is 139 g/mol. The summed E-state index contributed by atoms with van der Waals surface area (Å²) in [7, 11) is 0. The van der Waals surface area contributed by atoms with Gasteiger partial charge in [-0.3, -0.25) is 4.72 Å². The summed E-state index contributed by atoms with van der Waals surface area (Å²) >= 11 is 0.537. The maximum atomic E-state index is 12.1. The van der Waals surface area contributed by atoms with E-state index in [0.29, 0.717) is 24.9 Å². The Morgan fingerprint density at radius 1 is 1.50 bits per heavy atom. The molecule has 0 aromatic carbocycles. The Bertz CT molecular complexity index is 78.1. The molecule has 0 unspecified atom stereocenters. The Kier molecular flexibility index (Phi) is 1.72. The van der Waals surface area contributed by atoms with Crippen LogP contribution in [0.2, 0.25) is 0 Å². The minimum absolute atomic E-state index is 0.0185. The normalized spacial score (nSPS) is 27.8. The van der Waals surface area contributed by atoms with Crippen LogP contribution < -0.4 is 4.72 Å². The molecule has 1 saturated heterocycles. The van der Waals surface area contributed by atoms with E-state index in [1.807, 2.05) is 0 Å². The van der Waals surface area contributed by atoms with Crippen LogP contribution in [0.5, 0.6) is 0 Å². The van der Waals surface area contributed by atoms with Gasteiger partial charge in [-0.25, -0.2) is 0 Å². The van der Waals surface area contributed by atoms with E-state index in [1.165, 1.54) is 0 Å². The topological polar surface area (TPSA) is 12.0 Å². The second kappa shape index (κ2) is 2.19. The molecule has 0 bridgehead atoms. The average molecular weight is 139 g/mol. The van der Waals surface area contributed by atoms with Crippen LogP contribution in [-0.2, 0) is 0 Å². The van der Waals surface area contributed by atoms with Crippen LogP contribution in [0.1, 0.15) is 12.8 Å². The Morgan fingerprint density at radius 2 is 2.25 bits per heavy atom. The van der Waals surface area contributed by atoms with Crippen LogP contribution >= 0.6 is 11.9 Å². The van der Waals surface area contributed by atoms with E-state index in [1.54, 1.807) is 0 Å². The molecule has 0 aromatic rings. The van der Waals surface area contributed by atoms with Gasteiger partial charge in [0, 0.05) is 13.0 Å². The predicted molar refractivity (Wildman–Crippen MR) is 29.8 cm³/mol. The molecule has 48 valence electrons. The number of alkyl halides is 2. The number of rotatable bonds is 0. The van der Waals surface area contributed by atoms with Gasteiger partial charge in [-0.15, -0.1) is 0 Å². The van der Waals surface area contributed by atoms with Crippen molar-refractivity contribution in [1.82, 2.24) is 4.72 Å². The van der Waals surface area contributed by atoms with Crippen molar-refractivity contribution in [3.8, 4) is 0 Å². The minimum Gasteiger partial charge on any atom is -0.259 e. The molecule has 0 amide bonds. The molecule has 1 aliphatic heterocycles. The molecule has 1 fully saturated rings. The fourth-order valence-corrected chi connectivity index (χ4v) is 1.28. The largest absolute Gasteiger partial charge is 0.307 e. The van der Waals surface area contributed by atoms with E-state index in [2.05, 4.69) is 4.72 Å². The van der Waals surface area contributed by atoms with Gasteiger partial charge in [0.05, 0.1) is 0 Å². The van der Waals surface area contributed by atoms with Crippen molar-refractivity contribution in [3.05, 3.63) is 0 Å². The van der Waals surface area contributed by atoms with Crippen LogP contribution in [0.25, 0.3) is 0 Å². The molecular formula is C4H7F2NS. The summed E-state index contributed by atoms with van der Waals surface area (Å²) < 4.78 is 26.8. The van der Waals surface area contributed by atoms with Gasteiger partial charge < -0.3 is 0 Å². The van der Waals surface area contributed by atoms with Gasteiger partial charge >= 0.3 is 5.25 Å². The maximum absolute atomic E-state index is 12.1. The smallest absolute Gasteiger partial charge is 0.259 e. The Labute approximate surface area is 51.0 Å².